The summed E-state index contributed by atoms with van der Waals surface area (Å²) in [4.78, 5) is 13.5. The van der Waals surface area contributed by atoms with Crippen LogP contribution in [0.3, 0.4) is 0 Å². The molecule has 0 aromatic heterocycles. The van der Waals surface area contributed by atoms with Gasteiger partial charge in [-0.3, -0.25) is 4.79 Å². The highest BCUT2D eigenvalue weighted by Gasteiger charge is 2.27. The molecule has 0 spiro atoms. The number of hydrogen-bond acceptors (Lipinski definition) is 4. The molecular formula is C14H19ClN2O4S. The average Bonchev–Trinajstić information content (AvgIpc) is 2.80. The highest BCUT2D eigenvalue weighted by molar-refractivity contribution is 7.89. The first-order valence-corrected chi connectivity index (χ1v) is 8.94. The predicted molar refractivity (Wildman–Crippen MR) is 83.7 cm³/mol. The summed E-state index contributed by atoms with van der Waals surface area (Å²) in [5.41, 5.74) is 0. The van der Waals surface area contributed by atoms with Crippen LogP contribution in [0.25, 0.3) is 0 Å². The predicted octanol–water partition coefficient (Wildman–Crippen LogP) is 1.16. The molecule has 0 unspecified atom stereocenters. The van der Waals surface area contributed by atoms with Gasteiger partial charge in [-0.1, -0.05) is 0 Å². The molecule has 0 atom stereocenters. The average molecular weight is 347 g/mol. The Balaban J connectivity index is 2.13. The lowest BCUT2D eigenvalue weighted by molar-refractivity contribution is -0.128. The fourth-order valence-electron chi connectivity index (χ4n) is 2.36. The van der Waals surface area contributed by atoms with Gasteiger partial charge in [0.15, 0.2) is 0 Å². The molecule has 22 heavy (non-hydrogen) atoms. The van der Waals surface area contributed by atoms with Crippen molar-refractivity contribution in [2.75, 3.05) is 39.2 Å². The van der Waals surface area contributed by atoms with Crippen LogP contribution in [0.4, 0.5) is 0 Å². The summed E-state index contributed by atoms with van der Waals surface area (Å²) in [5, 5.41) is 0. The van der Waals surface area contributed by atoms with Crippen LogP contribution >= 0.6 is 11.6 Å². The number of benzene rings is 1. The molecule has 1 fully saturated rings. The van der Waals surface area contributed by atoms with Crippen molar-refractivity contribution in [1.29, 1.82) is 0 Å². The van der Waals surface area contributed by atoms with Crippen LogP contribution in [-0.4, -0.2) is 62.7 Å². The molecule has 2 rings (SSSR count). The van der Waals surface area contributed by atoms with E-state index >= 15 is 0 Å². The first-order chi connectivity index (χ1) is 10.5. The standard InChI is InChI=1S/C14H19ClN2O4S/c1-21-12-3-5-13(6-4-12)22(19,20)17-8-2-7-16(9-10-17)14(18)11-15/h3-6H,2,7-11H2,1H3. The molecule has 0 N–H and O–H groups in total. The molecule has 1 heterocycles. The first-order valence-electron chi connectivity index (χ1n) is 6.97. The smallest absolute Gasteiger partial charge is 0.243 e. The second-order valence-electron chi connectivity index (χ2n) is 4.95. The third-order valence-corrected chi connectivity index (χ3v) is 5.76. The summed E-state index contributed by atoms with van der Waals surface area (Å²) in [6, 6.07) is 6.30. The normalized spacial score (nSPS) is 17.1. The largest absolute Gasteiger partial charge is 0.497 e. The number of hydrogen-bond donors (Lipinski definition) is 0. The Morgan fingerprint density at radius 2 is 1.86 bits per heavy atom. The van der Waals surface area contributed by atoms with E-state index in [9.17, 15) is 13.2 Å². The third-order valence-electron chi connectivity index (χ3n) is 3.62. The Labute approximate surface area is 135 Å². The fourth-order valence-corrected chi connectivity index (χ4v) is 4.00. The summed E-state index contributed by atoms with van der Waals surface area (Å²) in [7, 11) is -2.03. The van der Waals surface area contributed by atoms with E-state index < -0.39 is 10.0 Å². The van der Waals surface area contributed by atoms with Gasteiger partial charge in [0.05, 0.1) is 12.0 Å². The van der Waals surface area contributed by atoms with Gasteiger partial charge in [-0.15, -0.1) is 11.6 Å². The molecule has 1 aliphatic heterocycles. The number of alkyl halides is 1. The van der Waals surface area contributed by atoms with Gasteiger partial charge >= 0.3 is 0 Å². The second-order valence-corrected chi connectivity index (χ2v) is 7.15. The van der Waals surface area contributed by atoms with Crippen LogP contribution in [0, 0.1) is 0 Å². The van der Waals surface area contributed by atoms with Crippen LogP contribution in [0.1, 0.15) is 6.42 Å². The summed E-state index contributed by atoms with van der Waals surface area (Å²) in [6.07, 6.45) is 0.595. The van der Waals surface area contributed by atoms with Gasteiger partial charge in [0, 0.05) is 26.2 Å². The molecule has 1 amide bonds. The van der Waals surface area contributed by atoms with Crippen LogP contribution in [0.5, 0.6) is 5.75 Å². The summed E-state index contributed by atoms with van der Waals surface area (Å²) < 4.78 is 31.7. The van der Waals surface area contributed by atoms with E-state index in [0.717, 1.165) is 0 Å². The lowest BCUT2D eigenvalue weighted by Crippen LogP contribution is -2.37. The van der Waals surface area contributed by atoms with Gasteiger partial charge in [0.25, 0.3) is 0 Å². The number of sulfonamides is 1. The van der Waals surface area contributed by atoms with Crippen molar-refractivity contribution in [1.82, 2.24) is 9.21 Å². The first kappa shape index (κ1) is 17.1. The molecule has 1 aromatic rings. The molecule has 0 aliphatic carbocycles. The van der Waals surface area contributed by atoms with Crippen molar-refractivity contribution >= 4 is 27.5 Å². The van der Waals surface area contributed by atoms with E-state index in [1.165, 1.54) is 23.5 Å². The SMILES string of the molecule is COc1ccc(S(=O)(=O)N2CCCN(C(=O)CCl)CC2)cc1. The van der Waals surface area contributed by atoms with Crippen molar-refractivity contribution in [2.45, 2.75) is 11.3 Å². The van der Waals surface area contributed by atoms with E-state index in [-0.39, 0.29) is 23.2 Å². The Kier molecular flexibility index (Phi) is 5.66. The highest BCUT2D eigenvalue weighted by atomic mass is 35.5. The van der Waals surface area contributed by atoms with Crippen molar-refractivity contribution in [3.8, 4) is 5.75 Å². The van der Waals surface area contributed by atoms with Gasteiger partial charge in [0.1, 0.15) is 11.6 Å². The van der Waals surface area contributed by atoms with E-state index in [4.69, 9.17) is 16.3 Å². The number of halogens is 1. The van der Waals surface area contributed by atoms with Crippen molar-refractivity contribution in [3.63, 3.8) is 0 Å². The zero-order chi connectivity index (χ0) is 16.2. The van der Waals surface area contributed by atoms with E-state index in [0.29, 0.717) is 31.8 Å². The maximum atomic E-state index is 12.6. The Morgan fingerprint density at radius 1 is 1.18 bits per heavy atom. The van der Waals surface area contributed by atoms with Crippen molar-refractivity contribution in [2.24, 2.45) is 0 Å². The minimum absolute atomic E-state index is 0.0781. The highest BCUT2D eigenvalue weighted by Crippen LogP contribution is 2.20. The molecule has 8 heteroatoms. The second kappa shape index (κ2) is 7.30. The molecule has 0 bridgehead atoms. The lowest BCUT2D eigenvalue weighted by atomic mass is 10.3. The van der Waals surface area contributed by atoms with Gasteiger partial charge < -0.3 is 9.64 Å². The van der Waals surface area contributed by atoms with Crippen LogP contribution in [0.2, 0.25) is 0 Å². The molecule has 6 nitrogen and oxygen atoms in total. The van der Waals surface area contributed by atoms with Crippen LogP contribution in [-0.2, 0) is 14.8 Å². The van der Waals surface area contributed by atoms with Gasteiger partial charge in [-0.25, -0.2) is 8.42 Å². The molecule has 122 valence electrons. The number of amides is 1. The van der Waals surface area contributed by atoms with Crippen LogP contribution < -0.4 is 4.74 Å². The topological polar surface area (TPSA) is 66.9 Å². The Morgan fingerprint density at radius 3 is 2.45 bits per heavy atom. The quantitative estimate of drug-likeness (QED) is 0.767. The molecule has 1 aromatic carbocycles. The number of rotatable bonds is 4. The Hall–Kier alpha value is -1.31. The van der Waals surface area contributed by atoms with E-state index in [1.54, 1.807) is 17.0 Å². The van der Waals surface area contributed by atoms with Gasteiger partial charge in [-0.05, 0) is 30.7 Å². The zero-order valence-corrected chi connectivity index (χ0v) is 13.9. The molecular weight excluding hydrogens is 328 g/mol. The lowest BCUT2D eigenvalue weighted by Gasteiger charge is -2.21. The number of methoxy groups -OCH3 is 1. The number of carbonyl (C=O) groups excluding carboxylic acids is 1. The summed E-state index contributed by atoms with van der Waals surface area (Å²) >= 11 is 5.55. The van der Waals surface area contributed by atoms with Gasteiger partial charge in [-0.2, -0.15) is 4.31 Å². The molecule has 0 radical (unpaired) electrons. The molecule has 0 saturated carbocycles. The molecule has 1 aliphatic rings. The van der Waals surface area contributed by atoms with Gasteiger partial charge in [0.2, 0.25) is 15.9 Å². The number of nitrogens with zero attached hydrogens (tertiary/aromatic N) is 2. The van der Waals surface area contributed by atoms with Crippen molar-refractivity contribution < 1.29 is 17.9 Å². The number of ether oxygens (including phenoxy) is 1. The maximum Gasteiger partial charge on any atom is 0.243 e. The summed E-state index contributed by atoms with van der Waals surface area (Å²) in [5.74, 6) is 0.365. The fraction of sp³-hybridized carbons (Fsp3) is 0.500. The minimum Gasteiger partial charge on any atom is -0.497 e. The summed E-state index contributed by atoms with van der Waals surface area (Å²) in [6.45, 7) is 1.55. The molecule has 1 saturated heterocycles. The number of carbonyl (C=O) groups is 1. The minimum atomic E-state index is -3.56. The zero-order valence-electron chi connectivity index (χ0n) is 12.4. The van der Waals surface area contributed by atoms with Crippen LogP contribution in [0.15, 0.2) is 29.2 Å². The van der Waals surface area contributed by atoms with E-state index in [2.05, 4.69) is 0 Å². The maximum absolute atomic E-state index is 12.6. The Bertz CT molecular complexity index is 618. The third kappa shape index (κ3) is 3.71. The van der Waals surface area contributed by atoms with Crippen molar-refractivity contribution in [3.05, 3.63) is 24.3 Å². The van der Waals surface area contributed by atoms with E-state index in [1.807, 2.05) is 0 Å². The monoisotopic (exact) mass is 346 g/mol.